The smallest absolute Gasteiger partial charge is 0.224 e. The van der Waals surface area contributed by atoms with Gasteiger partial charge in [0.1, 0.15) is 110 Å². The van der Waals surface area contributed by atoms with Crippen molar-refractivity contribution in [1.29, 1.82) is 0 Å². The summed E-state index contributed by atoms with van der Waals surface area (Å²) < 4.78 is 26.4. The molecule has 4 aliphatic rings. The predicted octanol–water partition coefficient (Wildman–Crippen LogP) is -11.4. The van der Waals surface area contributed by atoms with Crippen molar-refractivity contribution in [3.05, 3.63) is 0 Å². The third-order valence-corrected chi connectivity index (χ3v) is 8.26. The molecule has 0 bridgehead atoms. The number of ether oxygens (including phenoxy) is 5. The van der Waals surface area contributed by atoms with Crippen molar-refractivity contribution in [2.75, 3.05) is 26.4 Å². The molecule has 17 N–H and O–H groups in total. The Morgan fingerprint density at radius 3 is 1.24 bits per heavy atom. The lowest BCUT2D eigenvalue weighted by atomic mass is 9.85. The van der Waals surface area contributed by atoms with E-state index in [0.29, 0.717) is 0 Å². The van der Waals surface area contributed by atoms with Crippen LogP contribution in [0, 0.1) is 0 Å². The molecule has 22 heteroatoms. The van der Waals surface area contributed by atoms with Crippen LogP contribution in [0.1, 0.15) is 0 Å². The molecule has 14 atom stereocenters. The molecule has 4 rings (SSSR count). The first kappa shape index (κ1) is 39.6. The van der Waals surface area contributed by atoms with Gasteiger partial charge in [0, 0.05) is 0 Å². The molecule has 1 saturated carbocycles. The fraction of sp³-hybridized carbons (Fsp3) is 1.00. The first-order chi connectivity index (χ1) is 21.5. The summed E-state index contributed by atoms with van der Waals surface area (Å²) in [7, 11) is 0. The van der Waals surface area contributed by atoms with Gasteiger partial charge in [0.2, 0.25) is 5.79 Å². The lowest BCUT2D eigenvalue weighted by Crippen LogP contribution is -2.63. The minimum absolute atomic E-state index is 0.634. The molecule has 0 unspecified atom stereocenters. The van der Waals surface area contributed by atoms with Gasteiger partial charge < -0.3 is 110 Å². The highest BCUT2D eigenvalue weighted by Crippen LogP contribution is 2.36. The average Bonchev–Trinajstić information content (AvgIpc) is 3.30. The summed E-state index contributed by atoms with van der Waals surface area (Å²) in [6.07, 6.45) is -31.6. The molecule has 22 nitrogen and oxygen atoms in total. The number of rotatable bonds is 8. The van der Waals surface area contributed by atoms with Crippen molar-refractivity contribution >= 4 is 0 Å². The van der Waals surface area contributed by atoms with Gasteiger partial charge in [-0.05, 0) is 0 Å². The molecule has 0 spiro atoms. The van der Waals surface area contributed by atoms with Crippen LogP contribution in [0.5, 0.6) is 0 Å². The Labute approximate surface area is 259 Å². The van der Waals surface area contributed by atoms with E-state index in [1.165, 1.54) is 0 Å². The molecule has 0 aromatic carbocycles. The highest BCUT2D eigenvalue weighted by atomic mass is 16.8. The second-order valence-electron chi connectivity index (χ2n) is 11.4. The average molecular weight is 685 g/mol. The molecule has 1 aliphatic carbocycles. The van der Waals surface area contributed by atoms with Crippen molar-refractivity contribution in [1.82, 2.24) is 0 Å². The predicted molar refractivity (Wildman–Crippen MR) is 137 cm³/mol. The topological polar surface area (TPSA) is 390 Å². The quantitative estimate of drug-likeness (QED) is 0.113. The molecule has 0 aromatic heterocycles. The van der Waals surface area contributed by atoms with E-state index >= 15 is 0 Å². The van der Waals surface area contributed by atoms with Crippen LogP contribution in [0.4, 0.5) is 0 Å². The van der Waals surface area contributed by atoms with Gasteiger partial charge >= 0.3 is 0 Å². The lowest BCUT2D eigenvalue weighted by Gasteiger charge is -2.44. The summed E-state index contributed by atoms with van der Waals surface area (Å²) in [5.41, 5.74) is 0. The molecule has 46 heavy (non-hydrogen) atoms. The van der Waals surface area contributed by atoms with Gasteiger partial charge in [0.25, 0.3) is 0 Å². The standard InChI is InChI=1S/C18H32O16.C6H12O6/c19-1-5-8(22)11(25)13(27)16(31-5)30-3-7-9(23)12(26)14(28)17(32-7)34-18(4-21)15(29)10(24)6(2-20)33-18;7-1-2(8)4(10)6(12)5(11)3(1)9/h5-17,19-29H,1-4H2;1-12H/t5-,6-,7-,8+,9-,10-,11+,12+,13-,14-,15+,16+,17-,18+;1-,2-,3-,4+,5-,6-/m1./s1. The molecule has 4 fully saturated rings. The largest absolute Gasteiger partial charge is 0.394 e. The summed E-state index contributed by atoms with van der Waals surface area (Å²) in [6, 6.07) is 0. The molecule has 3 heterocycles. The maximum Gasteiger partial charge on any atom is 0.224 e. The van der Waals surface area contributed by atoms with Gasteiger partial charge in [-0.3, -0.25) is 0 Å². The van der Waals surface area contributed by atoms with Gasteiger partial charge in [0.05, 0.1) is 19.8 Å². The Balaban J connectivity index is 0.000000402. The van der Waals surface area contributed by atoms with E-state index in [9.17, 15) is 56.2 Å². The van der Waals surface area contributed by atoms with Gasteiger partial charge in [0.15, 0.2) is 12.6 Å². The lowest BCUT2D eigenvalue weighted by molar-refractivity contribution is -0.388. The Bertz CT molecular complexity index is 874. The highest BCUT2D eigenvalue weighted by molar-refractivity contribution is 4.99. The van der Waals surface area contributed by atoms with Crippen molar-refractivity contribution in [3.63, 3.8) is 0 Å². The molecule has 0 aromatic rings. The SMILES string of the molecule is OC[C@H]1O[C@H](OC[C@H]2O[C@H](O[C@]3(CO)O[C@H](CO)[C@@H](O)[C@@H]3O)[C@H](O)[C@@H](O)[C@@H]2O)[C@H](O)[C@@H](O)[C@H]1O.O[C@H]1[C@H](O)[C@@H](O)[C@H](O)[C@@H](O)[C@H]1O. The third kappa shape index (κ3) is 7.79. The summed E-state index contributed by atoms with van der Waals surface area (Å²) in [5, 5.41) is 163. The Kier molecular flexibility index (Phi) is 13.9. The second kappa shape index (κ2) is 16.2. The highest BCUT2D eigenvalue weighted by Gasteiger charge is 2.58. The van der Waals surface area contributed by atoms with Gasteiger partial charge in [-0.15, -0.1) is 0 Å². The van der Waals surface area contributed by atoms with Crippen molar-refractivity contribution in [2.24, 2.45) is 0 Å². The van der Waals surface area contributed by atoms with Crippen molar-refractivity contribution in [2.45, 2.75) is 122 Å². The van der Waals surface area contributed by atoms with Crippen LogP contribution in [-0.4, -0.2) is 235 Å². The molecule has 272 valence electrons. The summed E-state index contributed by atoms with van der Waals surface area (Å²) in [5.74, 6) is -2.36. The first-order valence-corrected chi connectivity index (χ1v) is 14.1. The molecule has 3 aliphatic heterocycles. The first-order valence-electron chi connectivity index (χ1n) is 14.1. The van der Waals surface area contributed by atoms with E-state index < -0.39 is 149 Å². The minimum Gasteiger partial charge on any atom is -0.394 e. The Morgan fingerprint density at radius 2 is 0.826 bits per heavy atom. The monoisotopic (exact) mass is 684 g/mol. The van der Waals surface area contributed by atoms with Crippen LogP contribution in [0.25, 0.3) is 0 Å². The normalized spacial score (nSPS) is 53.0. The Hall–Kier alpha value is -0.880. The fourth-order valence-corrected chi connectivity index (χ4v) is 5.23. The fourth-order valence-electron chi connectivity index (χ4n) is 5.23. The summed E-state index contributed by atoms with van der Waals surface area (Å²) in [4.78, 5) is 0. The van der Waals surface area contributed by atoms with E-state index in [-0.39, 0.29) is 0 Å². The van der Waals surface area contributed by atoms with Gasteiger partial charge in [-0.2, -0.15) is 0 Å². The van der Waals surface area contributed by atoms with E-state index in [1.807, 2.05) is 0 Å². The maximum absolute atomic E-state index is 10.3. The van der Waals surface area contributed by atoms with Crippen molar-refractivity contribution in [3.8, 4) is 0 Å². The van der Waals surface area contributed by atoms with Gasteiger partial charge in [-0.1, -0.05) is 0 Å². The van der Waals surface area contributed by atoms with Gasteiger partial charge in [-0.25, -0.2) is 0 Å². The molecular formula is C24H44O22. The molecule has 0 amide bonds. The number of hydrogen-bond acceptors (Lipinski definition) is 22. The third-order valence-electron chi connectivity index (χ3n) is 8.26. The summed E-state index contributed by atoms with van der Waals surface area (Å²) >= 11 is 0. The van der Waals surface area contributed by atoms with Crippen LogP contribution in [0.3, 0.4) is 0 Å². The van der Waals surface area contributed by atoms with Crippen LogP contribution < -0.4 is 0 Å². The molecular weight excluding hydrogens is 640 g/mol. The van der Waals surface area contributed by atoms with Crippen molar-refractivity contribution < 1.29 is 110 Å². The summed E-state index contributed by atoms with van der Waals surface area (Å²) in [6.45, 7) is -3.14. The van der Waals surface area contributed by atoms with E-state index in [0.717, 1.165) is 0 Å². The van der Waals surface area contributed by atoms with E-state index in [4.69, 9.17) is 54.3 Å². The van der Waals surface area contributed by atoms with Crippen LogP contribution in [0.2, 0.25) is 0 Å². The maximum atomic E-state index is 10.3. The number of aliphatic hydroxyl groups is 17. The van der Waals surface area contributed by atoms with Crippen LogP contribution in [0.15, 0.2) is 0 Å². The molecule has 3 saturated heterocycles. The van der Waals surface area contributed by atoms with Crippen LogP contribution in [-0.2, 0) is 23.7 Å². The Morgan fingerprint density at radius 1 is 0.435 bits per heavy atom. The number of aliphatic hydroxyl groups excluding tert-OH is 17. The van der Waals surface area contributed by atoms with Crippen LogP contribution >= 0.6 is 0 Å². The molecule has 0 radical (unpaired) electrons. The zero-order valence-corrected chi connectivity index (χ0v) is 23.9. The zero-order valence-electron chi connectivity index (χ0n) is 23.9. The number of hydrogen-bond donors (Lipinski definition) is 17. The minimum atomic E-state index is -2.36. The van der Waals surface area contributed by atoms with E-state index in [2.05, 4.69) is 0 Å². The zero-order chi connectivity index (χ0) is 34.8. The second-order valence-corrected chi connectivity index (χ2v) is 11.4. The van der Waals surface area contributed by atoms with E-state index in [1.54, 1.807) is 0 Å².